The van der Waals surface area contributed by atoms with Gasteiger partial charge in [0.25, 0.3) is 5.91 Å². The van der Waals surface area contributed by atoms with Crippen molar-refractivity contribution in [1.29, 1.82) is 0 Å². The average Bonchev–Trinajstić information content (AvgIpc) is 3.04. The fraction of sp³-hybridized carbons (Fsp3) is 0.182. The van der Waals surface area contributed by atoms with Gasteiger partial charge in [-0.05, 0) is 11.4 Å². The monoisotopic (exact) mass is 262 g/mol. The zero-order chi connectivity index (χ0) is 12.8. The van der Waals surface area contributed by atoms with Gasteiger partial charge in [0, 0.05) is 5.56 Å². The number of rotatable bonds is 3. The molecule has 6 nitrogen and oxygen atoms in total. The van der Waals surface area contributed by atoms with Gasteiger partial charge in [0.2, 0.25) is 0 Å². The summed E-state index contributed by atoms with van der Waals surface area (Å²) in [6.07, 6.45) is 1.38. The van der Waals surface area contributed by atoms with Gasteiger partial charge >= 0.3 is 0 Å². The van der Waals surface area contributed by atoms with Crippen LogP contribution in [0.15, 0.2) is 17.8 Å². The highest BCUT2D eigenvalue weighted by Gasteiger charge is 2.11. The SMILES string of the molecule is O=C(NCc1ncn[nH]1)c1sccc1C#CCO. The molecule has 2 aromatic rings. The fourth-order valence-electron chi connectivity index (χ4n) is 1.28. The quantitative estimate of drug-likeness (QED) is 0.686. The lowest BCUT2D eigenvalue weighted by molar-refractivity contribution is 0.0954. The average molecular weight is 262 g/mol. The number of H-pyrrole nitrogens is 1. The second kappa shape index (κ2) is 5.95. The van der Waals surface area contributed by atoms with Gasteiger partial charge in [-0.1, -0.05) is 11.8 Å². The van der Waals surface area contributed by atoms with Crippen LogP contribution in [0.1, 0.15) is 21.1 Å². The highest BCUT2D eigenvalue weighted by atomic mass is 32.1. The number of aliphatic hydroxyl groups excluding tert-OH is 1. The molecule has 2 rings (SSSR count). The summed E-state index contributed by atoms with van der Waals surface area (Å²) in [6.45, 7) is 0.0541. The Balaban J connectivity index is 2.02. The smallest absolute Gasteiger partial charge is 0.263 e. The van der Waals surface area contributed by atoms with E-state index in [0.717, 1.165) is 0 Å². The van der Waals surface area contributed by atoms with Crippen LogP contribution in [0.5, 0.6) is 0 Å². The highest BCUT2D eigenvalue weighted by Crippen LogP contribution is 2.15. The van der Waals surface area contributed by atoms with Gasteiger partial charge in [-0.2, -0.15) is 5.10 Å². The van der Waals surface area contributed by atoms with Gasteiger partial charge in [-0.15, -0.1) is 11.3 Å². The van der Waals surface area contributed by atoms with Crippen molar-refractivity contribution in [3.8, 4) is 11.8 Å². The van der Waals surface area contributed by atoms with E-state index in [0.29, 0.717) is 16.3 Å². The minimum atomic E-state index is -0.227. The Morgan fingerprint density at radius 3 is 3.22 bits per heavy atom. The van der Waals surface area contributed by atoms with E-state index >= 15 is 0 Å². The molecule has 0 aliphatic heterocycles. The molecule has 18 heavy (non-hydrogen) atoms. The van der Waals surface area contributed by atoms with Crippen molar-refractivity contribution in [3.05, 3.63) is 34.0 Å². The molecule has 0 atom stereocenters. The van der Waals surface area contributed by atoms with Gasteiger partial charge in [0.1, 0.15) is 23.6 Å². The van der Waals surface area contributed by atoms with E-state index in [1.54, 1.807) is 11.4 Å². The molecule has 0 aliphatic carbocycles. The first-order chi connectivity index (χ1) is 8.81. The van der Waals surface area contributed by atoms with Crippen LogP contribution in [-0.2, 0) is 6.54 Å². The highest BCUT2D eigenvalue weighted by molar-refractivity contribution is 7.12. The van der Waals surface area contributed by atoms with Crippen LogP contribution >= 0.6 is 11.3 Å². The van der Waals surface area contributed by atoms with Crippen LogP contribution in [0.25, 0.3) is 0 Å². The molecule has 0 fully saturated rings. The molecule has 3 N–H and O–H groups in total. The molecule has 2 heterocycles. The minimum Gasteiger partial charge on any atom is -0.384 e. The first-order valence-corrected chi connectivity index (χ1v) is 5.99. The summed E-state index contributed by atoms with van der Waals surface area (Å²) in [5.41, 5.74) is 0.615. The molecule has 92 valence electrons. The Morgan fingerprint density at radius 1 is 1.61 bits per heavy atom. The third-order valence-corrected chi connectivity index (χ3v) is 2.97. The third kappa shape index (κ3) is 2.94. The Kier molecular flexibility index (Phi) is 4.06. The zero-order valence-corrected chi connectivity index (χ0v) is 10.1. The molecule has 0 spiro atoms. The lowest BCUT2D eigenvalue weighted by Gasteiger charge is -2.01. The number of nitrogens with one attached hydrogen (secondary N) is 2. The second-order valence-electron chi connectivity index (χ2n) is 3.24. The van der Waals surface area contributed by atoms with Crippen molar-refractivity contribution in [2.24, 2.45) is 0 Å². The summed E-state index contributed by atoms with van der Waals surface area (Å²) >= 11 is 1.30. The van der Waals surface area contributed by atoms with Gasteiger partial charge < -0.3 is 10.4 Å². The van der Waals surface area contributed by atoms with Gasteiger partial charge in [-0.25, -0.2) is 4.98 Å². The number of hydrogen-bond acceptors (Lipinski definition) is 5. The first-order valence-electron chi connectivity index (χ1n) is 5.11. The van der Waals surface area contributed by atoms with Crippen LogP contribution in [0.3, 0.4) is 0 Å². The fourth-order valence-corrected chi connectivity index (χ4v) is 2.04. The van der Waals surface area contributed by atoms with E-state index in [9.17, 15) is 4.79 Å². The predicted molar refractivity (Wildman–Crippen MR) is 65.8 cm³/mol. The number of carbonyl (C=O) groups excluding carboxylic acids is 1. The van der Waals surface area contributed by atoms with Crippen LogP contribution in [0, 0.1) is 11.8 Å². The largest absolute Gasteiger partial charge is 0.384 e. The summed E-state index contributed by atoms with van der Waals surface area (Å²) in [6, 6.07) is 1.75. The number of aromatic nitrogens is 3. The van der Waals surface area contributed by atoms with Crippen LogP contribution < -0.4 is 5.32 Å². The Morgan fingerprint density at radius 2 is 2.50 bits per heavy atom. The number of hydrogen-bond donors (Lipinski definition) is 3. The Labute approximate surface area is 107 Å². The molecule has 0 aromatic carbocycles. The predicted octanol–water partition coefficient (Wildman–Crippen LogP) is 0.140. The lowest BCUT2D eigenvalue weighted by atomic mass is 10.2. The standard InChI is InChI=1S/C11H10N4O2S/c16-4-1-2-8-3-5-18-10(8)11(17)12-6-9-13-7-14-15-9/h3,5,7,16H,4,6H2,(H,12,17)(H,13,14,15). The van der Waals surface area contributed by atoms with E-state index < -0.39 is 0 Å². The van der Waals surface area contributed by atoms with Crippen molar-refractivity contribution in [2.45, 2.75) is 6.54 Å². The van der Waals surface area contributed by atoms with E-state index in [1.165, 1.54) is 17.7 Å². The lowest BCUT2D eigenvalue weighted by Crippen LogP contribution is -2.23. The van der Waals surface area contributed by atoms with E-state index in [-0.39, 0.29) is 19.1 Å². The summed E-state index contributed by atoms with van der Waals surface area (Å²) < 4.78 is 0. The van der Waals surface area contributed by atoms with Crippen molar-refractivity contribution in [3.63, 3.8) is 0 Å². The summed E-state index contributed by atoms with van der Waals surface area (Å²) in [5.74, 6) is 5.62. The molecule has 2 aromatic heterocycles. The maximum absolute atomic E-state index is 11.9. The molecule has 0 saturated carbocycles. The normalized spacial score (nSPS) is 9.61. The maximum atomic E-state index is 11.9. The Hall–Kier alpha value is -2.17. The number of carbonyl (C=O) groups is 1. The molecule has 0 aliphatic rings. The van der Waals surface area contributed by atoms with Crippen LogP contribution in [0.4, 0.5) is 0 Å². The molecule has 0 bridgehead atoms. The summed E-state index contributed by atoms with van der Waals surface area (Å²) in [7, 11) is 0. The van der Waals surface area contributed by atoms with E-state index in [2.05, 4.69) is 32.3 Å². The third-order valence-electron chi connectivity index (χ3n) is 2.05. The number of aromatic amines is 1. The molecular weight excluding hydrogens is 252 g/mol. The minimum absolute atomic E-state index is 0.219. The number of nitrogens with zero attached hydrogens (tertiary/aromatic N) is 2. The number of amides is 1. The molecule has 1 amide bonds. The molecular formula is C11H10N4O2S. The van der Waals surface area contributed by atoms with Crippen molar-refractivity contribution < 1.29 is 9.90 Å². The second-order valence-corrected chi connectivity index (χ2v) is 4.15. The van der Waals surface area contributed by atoms with Crippen LogP contribution in [-0.4, -0.2) is 32.8 Å². The Bertz CT molecular complexity index is 580. The topological polar surface area (TPSA) is 90.9 Å². The number of aliphatic hydroxyl groups is 1. The van der Waals surface area contributed by atoms with Crippen molar-refractivity contribution >= 4 is 17.2 Å². The van der Waals surface area contributed by atoms with Crippen LogP contribution in [0.2, 0.25) is 0 Å². The summed E-state index contributed by atoms with van der Waals surface area (Å²) in [5, 5.41) is 19.5. The van der Waals surface area contributed by atoms with E-state index in [4.69, 9.17) is 5.11 Å². The van der Waals surface area contributed by atoms with Crippen molar-refractivity contribution in [1.82, 2.24) is 20.5 Å². The molecule has 0 unspecified atom stereocenters. The molecule has 0 radical (unpaired) electrons. The van der Waals surface area contributed by atoms with Gasteiger partial charge in [0.05, 0.1) is 6.54 Å². The van der Waals surface area contributed by atoms with Gasteiger partial charge in [0.15, 0.2) is 0 Å². The molecule has 7 heteroatoms. The van der Waals surface area contributed by atoms with Gasteiger partial charge in [-0.3, -0.25) is 9.89 Å². The number of thiophene rings is 1. The summed E-state index contributed by atoms with van der Waals surface area (Å²) in [4.78, 5) is 16.3. The zero-order valence-electron chi connectivity index (χ0n) is 9.30. The van der Waals surface area contributed by atoms with Crippen molar-refractivity contribution in [2.75, 3.05) is 6.61 Å². The van der Waals surface area contributed by atoms with E-state index in [1.807, 2.05) is 0 Å². The molecule has 0 saturated heterocycles. The maximum Gasteiger partial charge on any atom is 0.263 e. The first kappa shape index (κ1) is 12.3.